The number of nitrogens with one attached hydrogen (secondary N) is 1. The van der Waals surface area contributed by atoms with Crippen LogP contribution in [0.1, 0.15) is 12.0 Å². The van der Waals surface area contributed by atoms with Crippen molar-refractivity contribution in [1.82, 2.24) is 10.2 Å². The number of furan rings is 1. The van der Waals surface area contributed by atoms with Gasteiger partial charge in [0.1, 0.15) is 5.58 Å². The van der Waals surface area contributed by atoms with Crippen molar-refractivity contribution in [2.24, 2.45) is 0 Å². The molecule has 0 saturated carbocycles. The van der Waals surface area contributed by atoms with Gasteiger partial charge in [-0.25, -0.2) is 0 Å². The molecule has 0 aliphatic carbocycles. The molecular formula is C14H18N2O. The highest BCUT2D eigenvalue weighted by Gasteiger charge is 2.12. The van der Waals surface area contributed by atoms with E-state index in [0.29, 0.717) is 0 Å². The second-order valence-electron chi connectivity index (χ2n) is 4.64. The van der Waals surface area contributed by atoms with E-state index in [-0.39, 0.29) is 0 Å². The van der Waals surface area contributed by atoms with Crippen molar-refractivity contribution in [2.75, 3.05) is 26.2 Å². The third-order valence-electron chi connectivity index (χ3n) is 3.39. The molecule has 1 aliphatic rings. The van der Waals surface area contributed by atoms with E-state index in [1.807, 2.05) is 18.4 Å². The Balaban J connectivity index is 1.79. The number of hydrogen-bond donors (Lipinski definition) is 1. The Bertz CT molecular complexity index is 484. The summed E-state index contributed by atoms with van der Waals surface area (Å²) in [4.78, 5) is 2.50. The van der Waals surface area contributed by atoms with Crippen molar-refractivity contribution < 1.29 is 4.42 Å². The molecule has 3 heteroatoms. The zero-order valence-electron chi connectivity index (χ0n) is 9.98. The Kier molecular flexibility index (Phi) is 3.12. The topological polar surface area (TPSA) is 28.4 Å². The molecule has 2 aromatic rings. The van der Waals surface area contributed by atoms with Crippen LogP contribution in [0.4, 0.5) is 0 Å². The zero-order chi connectivity index (χ0) is 11.5. The van der Waals surface area contributed by atoms with E-state index in [9.17, 15) is 0 Å². The second kappa shape index (κ2) is 4.90. The lowest BCUT2D eigenvalue weighted by Crippen LogP contribution is -2.27. The number of rotatable bonds is 2. The standard InChI is InChI=1S/C14H18N2O/c1-2-5-14-13(4-1)12(11-17-14)10-16-8-3-6-15-7-9-16/h1-2,4-5,11,15H,3,6-10H2. The summed E-state index contributed by atoms with van der Waals surface area (Å²) in [5.41, 5.74) is 2.30. The van der Waals surface area contributed by atoms with E-state index in [2.05, 4.69) is 22.3 Å². The average Bonchev–Trinajstić information content (AvgIpc) is 2.59. The Morgan fingerprint density at radius 2 is 2.12 bits per heavy atom. The molecule has 1 N–H and O–H groups in total. The van der Waals surface area contributed by atoms with E-state index in [0.717, 1.165) is 31.8 Å². The van der Waals surface area contributed by atoms with Crippen molar-refractivity contribution in [3.63, 3.8) is 0 Å². The molecule has 0 radical (unpaired) electrons. The molecule has 1 aliphatic heterocycles. The van der Waals surface area contributed by atoms with Crippen molar-refractivity contribution in [1.29, 1.82) is 0 Å². The summed E-state index contributed by atoms with van der Waals surface area (Å²) in [5, 5.41) is 4.68. The fourth-order valence-electron chi connectivity index (χ4n) is 2.46. The van der Waals surface area contributed by atoms with Gasteiger partial charge in [0.2, 0.25) is 0 Å². The maximum Gasteiger partial charge on any atom is 0.134 e. The molecule has 2 heterocycles. The fourth-order valence-corrected chi connectivity index (χ4v) is 2.46. The minimum Gasteiger partial charge on any atom is -0.464 e. The maximum absolute atomic E-state index is 5.58. The Labute approximate surface area is 101 Å². The molecule has 1 aromatic carbocycles. The Morgan fingerprint density at radius 1 is 1.18 bits per heavy atom. The molecule has 17 heavy (non-hydrogen) atoms. The molecule has 1 aromatic heterocycles. The van der Waals surface area contributed by atoms with Crippen LogP contribution in [0.25, 0.3) is 11.0 Å². The van der Waals surface area contributed by atoms with E-state index in [4.69, 9.17) is 4.42 Å². The van der Waals surface area contributed by atoms with Gasteiger partial charge in [-0.2, -0.15) is 0 Å². The third kappa shape index (κ3) is 2.35. The molecule has 0 amide bonds. The second-order valence-corrected chi connectivity index (χ2v) is 4.64. The molecule has 1 saturated heterocycles. The maximum atomic E-state index is 5.58. The van der Waals surface area contributed by atoms with Gasteiger partial charge in [0.15, 0.2) is 0 Å². The highest BCUT2D eigenvalue weighted by atomic mass is 16.3. The van der Waals surface area contributed by atoms with Gasteiger partial charge in [0.25, 0.3) is 0 Å². The van der Waals surface area contributed by atoms with Gasteiger partial charge in [-0.15, -0.1) is 0 Å². The average molecular weight is 230 g/mol. The van der Waals surface area contributed by atoms with Gasteiger partial charge in [-0.3, -0.25) is 4.90 Å². The predicted molar refractivity (Wildman–Crippen MR) is 69.0 cm³/mol. The molecular weight excluding hydrogens is 212 g/mol. The lowest BCUT2D eigenvalue weighted by atomic mass is 10.1. The van der Waals surface area contributed by atoms with Crippen molar-refractivity contribution in [3.05, 3.63) is 36.1 Å². The molecule has 0 atom stereocenters. The monoisotopic (exact) mass is 230 g/mol. The van der Waals surface area contributed by atoms with Crippen LogP contribution in [-0.4, -0.2) is 31.1 Å². The van der Waals surface area contributed by atoms with Crippen LogP contribution >= 0.6 is 0 Å². The molecule has 3 rings (SSSR count). The van der Waals surface area contributed by atoms with Crippen LogP contribution in [0.15, 0.2) is 34.9 Å². The SMILES string of the molecule is c1ccc2c(CN3CCCNCC3)coc2c1. The Morgan fingerprint density at radius 3 is 3.12 bits per heavy atom. The largest absolute Gasteiger partial charge is 0.464 e. The molecule has 0 bridgehead atoms. The summed E-state index contributed by atoms with van der Waals surface area (Å²) >= 11 is 0. The Hall–Kier alpha value is -1.32. The molecule has 90 valence electrons. The highest BCUT2D eigenvalue weighted by molar-refractivity contribution is 5.80. The summed E-state index contributed by atoms with van der Waals surface area (Å²) in [5.74, 6) is 0. The lowest BCUT2D eigenvalue weighted by Gasteiger charge is -2.18. The van der Waals surface area contributed by atoms with E-state index in [1.165, 1.54) is 23.9 Å². The summed E-state index contributed by atoms with van der Waals surface area (Å²) in [6.07, 6.45) is 3.14. The third-order valence-corrected chi connectivity index (χ3v) is 3.39. The van der Waals surface area contributed by atoms with Gasteiger partial charge in [-0.05, 0) is 25.6 Å². The van der Waals surface area contributed by atoms with Crippen LogP contribution in [0.3, 0.4) is 0 Å². The number of benzene rings is 1. The minimum atomic E-state index is 0.996. The van der Waals surface area contributed by atoms with Crippen LogP contribution in [0.2, 0.25) is 0 Å². The van der Waals surface area contributed by atoms with Crippen molar-refractivity contribution in [3.8, 4) is 0 Å². The first kappa shape index (κ1) is 10.8. The summed E-state index contributed by atoms with van der Waals surface area (Å²) in [7, 11) is 0. The lowest BCUT2D eigenvalue weighted by molar-refractivity contribution is 0.284. The number of para-hydroxylation sites is 1. The van der Waals surface area contributed by atoms with Gasteiger partial charge >= 0.3 is 0 Å². The van der Waals surface area contributed by atoms with E-state index < -0.39 is 0 Å². The molecule has 0 unspecified atom stereocenters. The van der Waals surface area contributed by atoms with Crippen LogP contribution in [-0.2, 0) is 6.54 Å². The first-order valence-electron chi connectivity index (χ1n) is 6.32. The first-order valence-corrected chi connectivity index (χ1v) is 6.32. The summed E-state index contributed by atoms with van der Waals surface area (Å²) in [6, 6.07) is 8.27. The van der Waals surface area contributed by atoms with Gasteiger partial charge in [-0.1, -0.05) is 18.2 Å². The van der Waals surface area contributed by atoms with E-state index >= 15 is 0 Å². The van der Waals surface area contributed by atoms with Gasteiger partial charge < -0.3 is 9.73 Å². The quantitative estimate of drug-likeness (QED) is 0.857. The van der Waals surface area contributed by atoms with Crippen LogP contribution in [0.5, 0.6) is 0 Å². The zero-order valence-corrected chi connectivity index (χ0v) is 9.98. The van der Waals surface area contributed by atoms with Crippen LogP contribution < -0.4 is 5.32 Å². The highest BCUT2D eigenvalue weighted by Crippen LogP contribution is 2.22. The summed E-state index contributed by atoms with van der Waals surface area (Å²) in [6.45, 7) is 5.53. The number of fused-ring (bicyclic) bond motifs is 1. The van der Waals surface area contributed by atoms with Crippen LogP contribution in [0, 0.1) is 0 Å². The van der Waals surface area contributed by atoms with Gasteiger partial charge in [0, 0.05) is 30.6 Å². The number of nitrogens with zero attached hydrogens (tertiary/aromatic N) is 1. The molecule has 0 spiro atoms. The molecule has 1 fully saturated rings. The fraction of sp³-hybridized carbons (Fsp3) is 0.429. The van der Waals surface area contributed by atoms with E-state index in [1.54, 1.807) is 0 Å². The predicted octanol–water partition coefficient (Wildman–Crippen LogP) is 2.23. The minimum absolute atomic E-state index is 0.996. The smallest absolute Gasteiger partial charge is 0.134 e. The van der Waals surface area contributed by atoms with Crippen molar-refractivity contribution in [2.45, 2.75) is 13.0 Å². The van der Waals surface area contributed by atoms with Gasteiger partial charge in [0.05, 0.1) is 6.26 Å². The summed E-state index contributed by atoms with van der Waals surface area (Å²) < 4.78 is 5.58. The molecule has 3 nitrogen and oxygen atoms in total. The first-order chi connectivity index (χ1) is 8.43. The normalized spacial score (nSPS) is 18.4. The number of hydrogen-bond acceptors (Lipinski definition) is 3. The van der Waals surface area contributed by atoms with Crippen molar-refractivity contribution >= 4 is 11.0 Å².